The van der Waals surface area contributed by atoms with Gasteiger partial charge in [-0.1, -0.05) is 13.8 Å². The minimum Gasteiger partial charge on any atom is -0.353 e. The van der Waals surface area contributed by atoms with Gasteiger partial charge in [0.1, 0.15) is 0 Å². The Balaban J connectivity index is 1.59. The Bertz CT molecular complexity index is 502. The number of nitrogens with zero attached hydrogens (tertiary/aromatic N) is 2. The van der Waals surface area contributed by atoms with Crippen LogP contribution in [0.15, 0.2) is 6.20 Å². The quantitative estimate of drug-likeness (QED) is 0.890. The molecule has 2 unspecified atom stereocenters. The van der Waals surface area contributed by atoms with Crippen molar-refractivity contribution in [1.82, 2.24) is 15.6 Å². The summed E-state index contributed by atoms with van der Waals surface area (Å²) in [6.45, 7) is 7.22. The highest BCUT2D eigenvalue weighted by molar-refractivity contribution is 7.15. The van der Waals surface area contributed by atoms with Gasteiger partial charge in [-0.25, -0.2) is 4.98 Å². The van der Waals surface area contributed by atoms with Crippen LogP contribution >= 0.6 is 11.3 Å². The summed E-state index contributed by atoms with van der Waals surface area (Å²) < 4.78 is 0. The van der Waals surface area contributed by atoms with Crippen LogP contribution < -0.4 is 15.5 Å². The number of rotatable bonds is 4. The summed E-state index contributed by atoms with van der Waals surface area (Å²) in [6, 6.07) is 0.877. The molecule has 0 radical (unpaired) electrons. The first kappa shape index (κ1) is 14.8. The molecular weight excluding hydrogens is 284 g/mol. The average molecular weight is 308 g/mol. The summed E-state index contributed by atoms with van der Waals surface area (Å²) >= 11 is 1.79. The minimum absolute atomic E-state index is 0.223. The average Bonchev–Trinajstić information content (AvgIpc) is 2.93. The molecule has 3 heterocycles. The fourth-order valence-corrected chi connectivity index (χ4v) is 4.01. The summed E-state index contributed by atoms with van der Waals surface area (Å²) in [7, 11) is 0. The summed E-state index contributed by atoms with van der Waals surface area (Å²) in [4.78, 5) is 19.7. The maximum atomic E-state index is 11.5. The van der Waals surface area contributed by atoms with Crippen molar-refractivity contribution in [2.24, 2.45) is 5.92 Å². The smallest absolute Gasteiger partial charge is 0.220 e. The number of hydrogen-bond acceptors (Lipinski definition) is 5. The van der Waals surface area contributed by atoms with E-state index in [1.807, 2.05) is 6.20 Å². The van der Waals surface area contributed by atoms with Crippen LogP contribution in [0.1, 0.15) is 38.0 Å². The molecule has 0 aliphatic carbocycles. The van der Waals surface area contributed by atoms with E-state index in [-0.39, 0.29) is 5.91 Å². The van der Waals surface area contributed by atoms with E-state index in [2.05, 4.69) is 34.4 Å². The lowest BCUT2D eigenvalue weighted by Gasteiger charge is -2.41. The molecule has 2 saturated heterocycles. The third-order valence-corrected chi connectivity index (χ3v) is 5.38. The standard InChI is InChI=1S/C15H24N4OS/c1-10(2)16-7-12-8-17-15(21-12)19-6-5-13-11(9-19)3-4-14(20)18-13/h8,10-11,13,16H,3-7,9H2,1-2H3,(H,18,20). The molecule has 0 bridgehead atoms. The van der Waals surface area contributed by atoms with E-state index in [0.717, 1.165) is 37.6 Å². The Morgan fingerprint density at radius 2 is 2.38 bits per heavy atom. The van der Waals surface area contributed by atoms with E-state index in [1.54, 1.807) is 11.3 Å². The van der Waals surface area contributed by atoms with Gasteiger partial charge in [-0.2, -0.15) is 0 Å². The number of aromatic nitrogens is 1. The molecule has 2 N–H and O–H groups in total. The molecule has 5 nitrogen and oxygen atoms in total. The van der Waals surface area contributed by atoms with E-state index in [9.17, 15) is 4.79 Å². The van der Waals surface area contributed by atoms with Crippen molar-refractivity contribution in [1.29, 1.82) is 0 Å². The lowest BCUT2D eigenvalue weighted by atomic mass is 9.85. The molecule has 2 aliphatic heterocycles. The van der Waals surface area contributed by atoms with Crippen LogP contribution in [-0.2, 0) is 11.3 Å². The SMILES string of the molecule is CC(C)NCc1cnc(N2CCC3NC(=O)CCC3C2)s1. The number of hydrogen-bond donors (Lipinski definition) is 2. The Morgan fingerprint density at radius 1 is 1.52 bits per heavy atom. The topological polar surface area (TPSA) is 57.3 Å². The van der Waals surface area contributed by atoms with E-state index in [1.165, 1.54) is 4.88 Å². The molecule has 21 heavy (non-hydrogen) atoms. The van der Waals surface area contributed by atoms with Gasteiger partial charge in [0.25, 0.3) is 0 Å². The fraction of sp³-hybridized carbons (Fsp3) is 0.733. The lowest BCUT2D eigenvalue weighted by Crippen LogP contribution is -2.54. The van der Waals surface area contributed by atoms with Crippen molar-refractivity contribution in [2.75, 3.05) is 18.0 Å². The lowest BCUT2D eigenvalue weighted by molar-refractivity contribution is -0.124. The van der Waals surface area contributed by atoms with Gasteiger partial charge >= 0.3 is 0 Å². The van der Waals surface area contributed by atoms with Gasteiger partial charge in [0.15, 0.2) is 5.13 Å². The zero-order valence-corrected chi connectivity index (χ0v) is 13.6. The summed E-state index contributed by atoms with van der Waals surface area (Å²) in [5.41, 5.74) is 0. The van der Waals surface area contributed by atoms with Gasteiger partial charge in [-0.05, 0) is 18.8 Å². The highest BCUT2D eigenvalue weighted by Gasteiger charge is 2.34. The van der Waals surface area contributed by atoms with Crippen LogP contribution in [0, 0.1) is 5.92 Å². The predicted octanol–water partition coefficient (Wildman–Crippen LogP) is 1.75. The van der Waals surface area contributed by atoms with Gasteiger partial charge in [0, 0.05) is 49.2 Å². The van der Waals surface area contributed by atoms with Crippen LogP contribution in [-0.4, -0.2) is 36.1 Å². The van der Waals surface area contributed by atoms with E-state index >= 15 is 0 Å². The Hall–Kier alpha value is -1.14. The van der Waals surface area contributed by atoms with Crippen LogP contribution in [0.5, 0.6) is 0 Å². The number of nitrogens with one attached hydrogen (secondary N) is 2. The summed E-state index contributed by atoms with van der Waals surface area (Å²) in [5, 5.41) is 7.70. The molecule has 2 fully saturated rings. The first-order valence-corrected chi connectivity index (χ1v) is 8.66. The van der Waals surface area contributed by atoms with Crippen molar-refractivity contribution < 1.29 is 4.79 Å². The number of anilines is 1. The Morgan fingerprint density at radius 3 is 3.19 bits per heavy atom. The predicted molar refractivity (Wildman–Crippen MR) is 85.6 cm³/mol. The van der Waals surface area contributed by atoms with Gasteiger partial charge in [-0.3, -0.25) is 4.79 Å². The number of carbonyl (C=O) groups excluding carboxylic acids is 1. The molecule has 2 atom stereocenters. The molecule has 3 rings (SSSR count). The monoisotopic (exact) mass is 308 g/mol. The van der Waals surface area contributed by atoms with Crippen molar-refractivity contribution in [3.8, 4) is 0 Å². The molecule has 0 aromatic carbocycles. The number of piperidine rings is 2. The second-order valence-electron chi connectivity index (χ2n) is 6.35. The molecule has 0 spiro atoms. The summed E-state index contributed by atoms with van der Waals surface area (Å²) in [6.07, 6.45) is 4.72. The normalized spacial score (nSPS) is 25.9. The second kappa shape index (κ2) is 6.32. The Kier molecular flexibility index (Phi) is 4.45. The van der Waals surface area contributed by atoms with Crippen molar-refractivity contribution >= 4 is 22.4 Å². The minimum atomic E-state index is 0.223. The zero-order valence-electron chi connectivity index (χ0n) is 12.8. The molecule has 6 heteroatoms. The van der Waals surface area contributed by atoms with E-state index in [0.29, 0.717) is 24.4 Å². The number of fused-ring (bicyclic) bond motifs is 1. The fourth-order valence-electron chi connectivity index (χ4n) is 3.11. The molecule has 2 aliphatic rings. The van der Waals surface area contributed by atoms with Gasteiger partial charge in [-0.15, -0.1) is 11.3 Å². The third-order valence-electron chi connectivity index (χ3n) is 4.32. The van der Waals surface area contributed by atoms with Crippen molar-refractivity contribution in [3.63, 3.8) is 0 Å². The first-order chi connectivity index (χ1) is 10.1. The number of amides is 1. The molecule has 1 amide bonds. The van der Waals surface area contributed by atoms with E-state index < -0.39 is 0 Å². The van der Waals surface area contributed by atoms with Crippen LogP contribution in [0.4, 0.5) is 5.13 Å². The molecule has 1 aromatic heterocycles. The van der Waals surface area contributed by atoms with Crippen LogP contribution in [0.2, 0.25) is 0 Å². The number of thiazole rings is 1. The maximum absolute atomic E-state index is 11.5. The second-order valence-corrected chi connectivity index (χ2v) is 7.45. The zero-order chi connectivity index (χ0) is 14.8. The third kappa shape index (κ3) is 3.55. The molecular formula is C15H24N4OS. The first-order valence-electron chi connectivity index (χ1n) is 7.84. The van der Waals surface area contributed by atoms with Crippen molar-refractivity contribution in [2.45, 2.75) is 51.7 Å². The van der Waals surface area contributed by atoms with Crippen molar-refractivity contribution in [3.05, 3.63) is 11.1 Å². The van der Waals surface area contributed by atoms with E-state index in [4.69, 9.17) is 0 Å². The molecule has 0 saturated carbocycles. The highest BCUT2D eigenvalue weighted by atomic mass is 32.1. The maximum Gasteiger partial charge on any atom is 0.220 e. The molecule has 1 aromatic rings. The van der Waals surface area contributed by atoms with Crippen LogP contribution in [0.25, 0.3) is 0 Å². The largest absolute Gasteiger partial charge is 0.353 e. The van der Waals surface area contributed by atoms with Gasteiger partial charge < -0.3 is 15.5 Å². The van der Waals surface area contributed by atoms with Gasteiger partial charge in [0.2, 0.25) is 5.91 Å². The van der Waals surface area contributed by atoms with Crippen LogP contribution in [0.3, 0.4) is 0 Å². The van der Waals surface area contributed by atoms with Gasteiger partial charge in [0.05, 0.1) is 0 Å². The molecule has 116 valence electrons. The number of carbonyl (C=O) groups is 1. The Labute approximate surface area is 130 Å². The summed E-state index contributed by atoms with van der Waals surface area (Å²) in [5.74, 6) is 0.804. The highest BCUT2D eigenvalue weighted by Crippen LogP contribution is 2.31.